The van der Waals surface area contributed by atoms with Gasteiger partial charge >= 0.3 is 0 Å². The van der Waals surface area contributed by atoms with Gasteiger partial charge < -0.3 is 9.80 Å². The van der Waals surface area contributed by atoms with Gasteiger partial charge in [0.05, 0.1) is 6.04 Å². The molecule has 0 N–H and O–H groups in total. The molecule has 2 aliphatic rings. The van der Waals surface area contributed by atoms with Gasteiger partial charge in [0.2, 0.25) is 0 Å². The van der Waals surface area contributed by atoms with Gasteiger partial charge in [-0.15, -0.1) is 0 Å². The first-order chi connectivity index (χ1) is 16.7. The first-order valence-corrected chi connectivity index (χ1v) is 12.6. The van der Waals surface area contributed by atoms with E-state index in [2.05, 4.69) is 143 Å². The number of likely N-dealkylation sites (N-methyl/N-ethyl adjacent to an activating group) is 2. The van der Waals surface area contributed by atoms with Crippen molar-refractivity contribution in [2.24, 2.45) is 0 Å². The monoisotopic (exact) mass is 458 g/mol. The second-order valence-corrected chi connectivity index (χ2v) is 11.3. The van der Waals surface area contributed by atoms with Crippen molar-refractivity contribution >= 4 is 32.9 Å². The van der Waals surface area contributed by atoms with E-state index in [-0.39, 0.29) is 16.9 Å². The number of nitrogens with zero attached hydrogens (tertiary/aromatic N) is 2. The van der Waals surface area contributed by atoms with Gasteiger partial charge in [0.1, 0.15) is 0 Å². The average molecular weight is 459 g/mol. The van der Waals surface area contributed by atoms with Crippen LogP contribution in [0, 0.1) is 0 Å². The van der Waals surface area contributed by atoms with Crippen molar-refractivity contribution in [3.8, 4) is 0 Å². The number of anilines is 2. The van der Waals surface area contributed by atoms with E-state index in [1.165, 1.54) is 49.7 Å². The van der Waals surface area contributed by atoms with Gasteiger partial charge in [0.25, 0.3) is 0 Å². The van der Waals surface area contributed by atoms with Crippen LogP contribution in [0.15, 0.2) is 96.7 Å². The van der Waals surface area contributed by atoms with Crippen LogP contribution >= 0.6 is 0 Å². The van der Waals surface area contributed by atoms with Gasteiger partial charge in [-0.3, -0.25) is 0 Å². The van der Waals surface area contributed by atoms with Crippen molar-refractivity contribution in [2.75, 3.05) is 23.9 Å². The minimum absolute atomic E-state index is 0.0101. The molecular weight excluding hydrogens is 424 g/mol. The summed E-state index contributed by atoms with van der Waals surface area (Å²) >= 11 is 0. The van der Waals surface area contributed by atoms with Crippen LogP contribution in [0.3, 0.4) is 0 Å². The largest absolute Gasteiger partial charge is 0.367 e. The summed E-state index contributed by atoms with van der Waals surface area (Å²) in [6, 6.07) is 26.9. The molecule has 0 spiro atoms. The minimum atomic E-state index is -0.0639. The molecule has 0 saturated carbocycles. The molecule has 0 bridgehead atoms. The number of allylic oxidation sites excluding steroid dienone is 3. The molecule has 1 unspecified atom stereocenters. The zero-order valence-corrected chi connectivity index (χ0v) is 21.6. The van der Waals surface area contributed by atoms with Crippen LogP contribution in [0.5, 0.6) is 0 Å². The molecule has 0 saturated heterocycles. The van der Waals surface area contributed by atoms with Crippen molar-refractivity contribution in [2.45, 2.75) is 44.6 Å². The van der Waals surface area contributed by atoms with Crippen LogP contribution in [0.4, 0.5) is 11.4 Å². The zero-order chi connectivity index (χ0) is 24.5. The Morgan fingerprint density at radius 3 is 1.91 bits per heavy atom. The lowest BCUT2D eigenvalue weighted by Gasteiger charge is -2.30. The van der Waals surface area contributed by atoms with E-state index in [1.807, 2.05) is 0 Å². The van der Waals surface area contributed by atoms with E-state index in [0.29, 0.717) is 0 Å². The first-order valence-electron chi connectivity index (χ1n) is 12.6. The van der Waals surface area contributed by atoms with Crippen LogP contribution in [0.25, 0.3) is 21.5 Å². The third kappa shape index (κ3) is 3.02. The molecule has 1 atom stereocenters. The Labute approximate surface area is 209 Å². The van der Waals surface area contributed by atoms with Gasteiger partial charge in [-0.2, -0.15) is 0 Å². The average Bonchev–Trinajstić information content (AvgIpc) is 3.17. The highest BCUT2D eigenvalue weighted by atomic mass is 15.2. The van der Waals surface area contributed by atoms with E-state index in [9.17, 15) is 0 Å². The molecule has 6 rings (SSSR count). The lowest BCUT2D eigenvalue weighted by Crippen LogP contribution is -2.37. The van der Waals surface area contributed by atoms with Crippen molar-refractivity contribution in [3.05, 3.63) is 108 Å². The predicted molar refractivity (Wildman–Crippen MR) is 152 cm³/mol. The smallest absolute Gasteiger partial charge is 0.0565 e. The molecule has 0 radical (unpaired) electrons. The topological polar surface area (TPSA) is 6.48 Å². The number of hydrogen-bond acceptors (Lipinski definition) is 2. The van der Waals surface area contributed by atoms with Crippen LogP contribution in [0.1, 0.15) is 38.8 Å². The van der Waals surface area contributed by atoms with Crippen LogP contribution in [0.2, 0.25) is 0 Å². The number of fused-ring (bicyclic) bond motifs is 6. The molecule has 0 fully saturated rings. The molecule has 2 aliphatic heterocycles. The fraction of sp³-hybridized carbons (Fsp3) is 0.273. The lowest BCUT2D eigenvalue weighted by molar-refractivity contribution is 0.490. The molecule has 4 aromatic rings. The zero-order valence-electron chi connectivity index (χ0n) is 21.6. The summed E-state index contributed by atoms with van der Waals surface area (Å²) < 4.78 is 0. The van der Waals surface area contributed by atoms with Gasteiger partial charge in [-0.1, -0.05) is 101 Å². The third-order valence-corrected chi connectivity index (χ3v) is 8.53. The molecule has 0 aliphatic carbocycles. The normalized spacial score (nSPS) is 21.4. The van der Waals surface area contributed by atoms with E-state index >= 15 is 0 Å². The van der Waals surface area contributed by atoms with Crippen molar-refractivity contribution in [1.82, 2.24) is 0 Å². The quantitative estimate of drug-likeness (QED) is 0.301. The maximum atomic E-state index is 2.45. The molecule has 176 valence electrons. The van der Waals surface area contributed by atoms with Gasteiger partial charge in [-0.25, -0.2) is 0 Å². The van der Waals surface area contributed by atoms with Gasteiger partial charge in [0, 0.05) is 42.0 Å². The molecule has 35 heavy (non-hydrogen) atoms. The fourth-order valence-corrected chi connectivity index (χ4v) is 6.83. The standard InChI is InChI=1S/C33H34N2/c1-32(2)28(34(5)26-20-18-22-12-7-9-14-24(22)30(26)32)16-11-17-29-33(3,4)31-25-15-10-8-13-23(25)19-21-27(31)35(29)6/h7-21,28H,1-6H3. The molecule has 2 heterocycles. The van der Waals surface area contributed by atoms with E-state index in [0.717, 1.165) is 0 Å². The molecule has 4 aromatic carbocycles. The predicted octanol–water partition coefficient (Wildman–Crippen LogP) is 7.96. The Hall–Kier alpha value is -3.52. The summed E-state index contributed by atoms with van der Waals surface area (Å²) in [5.74, 6) is 0. The Kier molecular flexibility index (Phi) is 4.70. The highest BCUT2D eigenvalue weighted by Gasteiger charge is 2.43. The van der Waals surface area contributed by atoms with Gasteiger partial charge in [0.15, 0.2) is 0 Å². The van der Waals surface area contributed by atoms with E-state index in [4.69, 9.17) is 0 Å². The summed E-state index contributed by atoms with van der Waals surface area (Å²) in [6.07, 6.45) is 7.02. The molecule has 2 heteroatoms. The second-order valence-electron chi connectivity index (χ2n) is 11.3. The molecular formula is C33H34N2. The lowest BCUT2D eigenvalue weighted by atomic mass is 9.78. The Balaban J connectivity index is 1.39. The number of rotatable bonds is 2. The van der Waals surface area contributed by atoms with Crippen molar-refractivity contribution < 1.29 is 0 Å². The first kappa shape index (κ1) is 22.0. The van der Waals surface area contributed by atoms with Gasteiger partial charge in [-0.05, 0) is 50.9 Å². The molecule has 0 amide bonds. The SMILES string of the molecule is CN1C(=CC=CC2N(C)c3ccc4ccccc4c3C2(C)C)C(C)(C)c2c1ccc1ccccc21. The molecule has 0 aromatic heterocycles. The Morgan fingerprint density at radius 1 is 0.686 bits per heavy atom. The summed E-state index contributed by atoms with van der Waals surface area (Å²) in [5.41, 5.74) is 6.81. The Bertz CT molecular complexity index is 1540. The van der Waals surface area contributed by atoms with E-state index in [1.54, 1.807) is 0 Å². The van der Waals surface area contributed by atoms with Crippen LogP contribution in [-0.4, -0.2) is 20.1 Å². The second kappa shape index (κ2) is 7.49. The minimum Gasteiger partial charge on any atom is -0.367 e. The summed E-state index contributed by atoms with van der Waals surface area (Å²) in [4.78, 5) is 4.82. The third-order valence-electron chi connectivity index (χ3n) is 8.53. The number of benzene rings is 4. The van der Waals surface area contributed by atoms with Crippen LogP contribution < -0.4 is 9.80 Å². The summed E-state index contributed by atoms with van der Waals surface area (Å²) in [7, 11) is 4.44. The Morgan fingerprint density at radius 2 is 1.26 bits per heavy atom. The van der Waals surface area contributed by atoms with Crippen LogP contribution in [-0.2, 0) is 10.8 Å². The van der Waals surface area contributed by atoms with Crippen molar-refractivity contribution in [1.29, 1.82) is 0 Å². The molecule has 2 nitrogen and oxygen atoms in total. The fourth-order valence-electron chi connectivity index (χ4n) is 6.83. The maximum absolute atomic E-state index is 2.45. The number of hydrogen-bond donors (Lipinski definition) is 0. The summed E-state index contributed by atoms with van der Waals surface area (Å²) in [6.45, 7) is 9.49. The van der Waals surface area contributed by atoms with E-state index < -0.39 is 0 Å². The highest BCUT2D eigenvalue weighted by molar-refractivity contribution is 5.95. The van der Waals surface area contributed by atoms with Crippen molar-refractivity contribution in [3.63, 3.8) is 0 Å². The summed E-state index contributed by atoms with van der Waals surface area (Å²) in [5, 5.41) is 5.35. The maximum Gasteiger partial charge on any atom is 0.0565 e. The highest BCUT2D eigenvalue weighted by Crippen LogP contribution is 2.51.